The third-order valence-corrected chi connectivity index (χ3v) is 5.84. The lowest BCUT2D eigenvalue weighted by Gasteiger charge is -2.24. The molecule has 3 aromatic carbocycles. The molecule has 1 N–H and O–H groups in total. The number of carbonyl (C=O) groups is 1. The molecule has 1 amide bonds. The molecule has 0 saturated heterocycles. The van der Waals surface area contributed by atoms with Crippen molar-refractivity contribution >= 4 is 32.4 Å². The molecule has 152 valence electrons. The van der Waals surface area contributed by atoms with Crippen molar-refractivity contribution in [3.8, 4) is 5.75 Å². The van der Waals surface area contributed by atoms with Crippen molar-refractivity contribution in [2.24, 2.45) is 0 Å². The van der Waals surface area contributed by atoms with Crippen LogP contribution in [-0.4, -0.2) is 34.2 Å². The molecule has 0 aromatic heterocycles. The van der Waals surface area contributed by atoms with E-state index in [1.807, 2.05) is 61.5 Å². The summed E-state index contributed by atoms with van der Waals surface area (Å²) < 4.78 is 31.2. The van der Waals surface area contributed by atoms with Gasteiger partial charge in [0.15, 0.2) is 0 Å². The summed E-state index contributed by atoms with van der Waals surface area (Å²) in [6.45, 7) is 1.55. The number of fused-ring (bicyclic) bond motifs is 1. The molecule has 0 spiro atoms. The zero-order valence-electron chi connectivity index (χ0n) is 16.6. The van der Waals surface area contributed by atoms with Gasteiger partial charge in [0, 0.05) is 5.39 Å². The lowest BCUT2D eigenvalue weighted by Crippen LogP contribution is -2.41. The van der Waals surface area contributed by atoms with Crippen LogP contribution in [0.2, 0.25) is 0 Å². The lowest BCUT2D eigenvalue weighted by molar-refractivity contribution is -0.120. The normalized spacial score (nSPS) is 12.4. The molecule has 0 aliphatic heterocycles. The fourth-order valence-electron chi connectivity index (χ4n) is 3.20. The highest BCUT2D eigenvalue weighted by Gasteiger charge is 2.23. The van der Waals surface area contributed by atoms with Crippen LogP contribution < -0.4 is 14.4 Å². The first-order valence-electron chi connectivity index (χ1n) is 9.18. The smallest absolute Gasteiger partial charge is 0.241 e. The minimum Gasteiger partial charge on any atom is -0.497 e. The van der Waals surface area contributed by atoms with E-state index in [1.165, 1.54) is 0 Å². The van der Waals surface area contributed by atoms with Crippen LogP contribution in [0.3, 0.4) is 0 Å². The highest BCUT2D eigenvalue weighted by Crippen LogP contribution is 2.28. The zero-order chi connectivity index (χ0) is 21.0. The Labute approximate surface area is 171 Å². The Kier molecular flexibility index (Phi) is 6.08. The summed E-state index contributed by atoms with van der Waals surface area (Å²) in [5.41, 5.74) is 1.38. The van der Waals surface area contributed by atoms with E-state index in [4.69, 9.17) is 4.74 Å². The first kappa shape index (κ1) is 20.7. The number of hydrogen-bond donors (Lipinski definition) is 1. The van der Waals surface area contributed by atoms with E-state index in [0.29, 0.717) is 5.69 Å². The Bertz CT molecular complexity index is 1110. The van der Waals surface area contributed by atoms with Crippen LogP contribution in [0.4, 0.5) is 5.69 Å². The fourth-order valence-corrected chi connectivity index (χ4v) is 4.07. The van der Waals surface area contributed by atoms with Gasteiger partial charge in [-0.3, -0.25) is 9.10 Å². The number of anilines is 1. The second-order valence-electron chi connectivity index (χ2n) is 6.83. The standard InChI is InChI=1S/C22H24N2O4S/c1-16(17-11-13-19(28-2)14-12-17)23-22(25)15-24(29(3,26)27)21-10-6-8-18-7-4-5-9-20(18)21/h4-14,16H,15H2,1-3H3,(H,23,25). The number of ether oxygens (including phenoxy) is 1. The van der Waals surface area contributed by atoms with Crippen molar-refractivity contribution in [1.82, 2.24) is 5.32 Å². The number of hydrogen-bond acceptors (Lipinski definition) is 4. The summed E-state index contributed by atoms with van der Waals surface area (Å²) in [7, 11) is -2.07. The number of benzene rings is 3. The Morgan fingerprint density at radius 3 is 2.34 bits per heavy atom. The minimum atomic E-state index is -3.66. The van der Waals surface area contributed by atoms with E-state index in [9.17, 15) is 13.2 Å². The lowest BCUT2D eigenvalue weighted by atomic mass is 10.1. The summed E-state index contributed by atoms with van der Waals surface area (Å²) in [4.78, 5) is 12.7. The topological polar surface area (TPSA) is 75.7 Å². The summed E-state index contributed by atoms with van der Waals surface area (Å²) in [5, 5.41) is 4.55. The molecular weight excluding hydrogens is 388 g/mol. The molecule has 3 aromatic rings. The molecule has 0 fully saturated rings. The maximum absolute atomic E-state index is 12.7. The Balaban J connectivity index is 1.82. The highest BCUT2D eigenvalue weighted by atomic mass is 32.2. The summed E-state index contributed by atoms with van der Waals surface area (Å²) in [5.74, 6) is 0.346. The van der Waals surface area contributed by atoms with Gasteiger partial charge < -0.3 is 10.1 Å². The molecule has 29 heavy (non-hydrogen) atoms. The second-order valence-corrected chi connectivity index (χ2v) is 8.74. The molecule has 0 saturated carbocycles. The number of nitrogens with zero attached hydrogens (tertiary/aromatic N) is 1. The third-order valence-electron chi connectivity index (χ3n) is 4.72. The van der Waals surface area contributed by atoms with Gasteiger partial charge in [0.05, 0.1) is 25.1 Å². The number of amides is 1. The molecule has 7 heteroatoms. The van der Waals surface area contributed by atoms with Crippen LogP contribution in [0, 0.1) is 0 Å². The molecule has 0 aliphatic rings. The number of nitrogens with one attached hydrogen (secondary N) is 1. The van der Waals surface area contributed by atoms with Crippen molar-refractivity contribution in [1.29, 1.82) is 0 Å². The van der Waals surface area contributed by atoms with Gasteiger partial charge in [0.1, 0.15) is 12.3 Å². The van der Waals surface area contributed by atoms with Gasteiger partial charge in [0.25, 0.3) is 0 Å². The Morgan fingerprint density at radius 1 is 1.03 bits per heavy atom. The number of sulfonamides is 1. The van der Waals surface area contributed by atoms with Crippen molar-refractivity contribution in [3.05, 3.63) is 72.3 Å². The van der Waals surface area contributed by atoms with Crippen LogP contribution in [0.5, 0.6) is 5.75 Å². The fraction of sp³-hybridized carbons (Fsp3) is 0.227. The van der Waals surface area contributed by atoms with Gasteiger partial charge in [-0.15, -0.1) is 0 Å². The largest absolute Gasteiger partial charge is 0.497 e. The van der Waals surface area contributed by atoms with E-state index in [-0.39, 0.29) is 18.5 Å². The summed E-state index contributed by atoms with van der Waals surface area (Å²) >= 11 is 0. The second kappa shape index (κ2) is 8.53. The van der Waals surface area contributed by atoms with Crippen LogP contribution >= 0.6 is 0 Å². The van der Waals surface area contributed by atoms with Gasteiger partial charge in [-0.2, -0.15) is 0 Å². The van der Waals surface area contributed by atoms with Gasteiger partial charge in [-0.25, -0.2) is 8.42 Å². The average Bonchev–Trinajstić information content (AvgIpc) is 2.71. The van der Waals surface area contributed by atoms with E-state index in [0.717, 1.165) is 32.6 Å². The molecule has 0 radical (unpaired) electrons. The number of methoxy groups -OCH3 is 1. The van der Waals surface area contributed by atoms with Gasteiger partial charge >= 0.3 is 0 Å². The summed E-state index contributed by atoms with van der Waals surface area (Å²) in [6.07, 6.45) is 1.11. The van der Waals surface area contributed by atoms with E-state index >= 15 is 0 Å². The molecule has 1 atom stereocenters. The Morgan fingerprint density at radius 2 is 1.69 bits per heavy atom. The molecule has 0 aliphatic carbocycles. The van der Waals surface area contributed by atoms with Crippen molar-refractivity contribution < 1.29 is 17.9 Å². The predicted molar refractivity (Wildman–Crippen MR) is 116 cm³/mol. The maximum Gasteiger partial charge on any atom is 0.241 e. The zero-order valence-corrected chi connectivity index (χ0v) is 17.4. The van der Waals surface area contributed by atoms with Crippen LogP contribution in [0.15, 0.2) is 66.7 Å². The number of carbonyl (C=O) groups excluding carboxylic acids is 1. The van der Waals surface area contributed by atoms with Gasteiger partial charge in [0.2, 0.25) is 15.9 Å². The van der Waals surface area contributed by atoms with Crippen LogP contribution in [0.1, 0.15) is 18.5 Å². The van der Waals surface area contributed by atoms with Crippen molar-refractivity contribution in [2.45, 2.75) is 13.0 Å². The molecule has 6 nitrogen and oxygen atoms in total. The van der Waals surface area contributed by atoms with Crippen LogP contribution in [-0.2, 0) is 14.8 Å². The van der Waals surface area contributed by atoms with Crippen LogP contribution in [0.25, 0.3) is 10.8 Å². The monoisotopic (exact) mass is 412 g/mol. The predicted octanol–water partition coefficient (Wildman–Crippen LogP) is 3.49. The Hall–Kier alpha value is -3.06. The first-order valence-corrected chi connectivity index (χ1v) is 11.0. The van der Waals surface area contributed by atoms with E-state index < -0.39 is 10.0 Å². The molecule has 3 rings (SSSR count). The third kappa shape index (κ3) is 4.86. The molecule has 0 heterocycles. The molecule has 1 unspecified atom stereocenters. The quantitative estimate of drug-likeness (QED) is 0.645. The summed E-state index contributed by atoms with van der Waals surface area (Å²) in [6, 6.07) is 20.0. The minimum absolute atomic E-state index is 0.276. The van der Waals surface area contributed by atoms with E-state index in [1.54, 1.807) is 19.2 Å². The van der Waals surface area contributed by atoms with Crippen molar-refractivity contribution in [2.75, 3.05) is 24.2 Å². The molecule has 0 bridgehead atoms. The molecular formula is C22H24N2O4S. The van der Waals surface area contributed by atoms with Gasteiger partial charge in [-0.05, 0) is 36.1 Å². The first-order chi connectivity index (χ1) is 13.8. The van der Waals surface area contributed by atoms with Gasteiger partial charge in [-0.1, -0.05) is 48.5 Å². The van der Waals surface area contributed by atoms with Crippen molar-refractivity contribution in [3.63, 3.8) is 0 Å². The SMILES string of the molecule is COc1ccc(C(C)NC(=O)CN(c2cccc3ccccc23)S(C)(=O)=O)cc1. The number of rotatable bonds is 7. The average molecular weight is 413 g/mol. The highest BCUT2D eigenvalue weighted by molar-refractivity contribution is 7.92. The van der Waals surface area contributed by atoms with E-state index in [2.05, 4.69) is 5.32 Å². The maximum atomic E-state index is 12.7.